The molecule has 2 aromatic rings. The molecule has 0 aromatic heterocycles. The summed E-state index contributed by atoms with van der Waals surface area (Å²) in [6.45, 7) is 0. The van der Waals surface area contributed by atoms with Gasteiger partial charge in [-0.05, 0) is 35.8 Å². The van der Waals surface area contributed by atoms with Crippen LogP contribution in [0.2, 0.25) is 0 Å². The number of hydrogen-bond donors (Lipinski definition) is 1. The number of aliphatic hydroxyl groups is 1. The number of hydrogen-bond acceptors (Lipinski definition) is 2. The SMILES string of the molecule is COc1ccc(C(O)C2CCCCC2)c2ccccc12. The average molecular weight is 270 g/mol. The second-order valence-corrected chi connectivity index (χ2v) is 5.75. The van der Waals surface area contributed by atoms with E-state index in [9.17, 15) is 5.11 Å². The predicted molar refractivity (Wildman–Crippen MR) is 82.0 cm³/mol. The lowest BCUT2D eigenvalue weighted by Crippen LogP contribution is -2.16. The highest BCUT2D eigenvalue weighted by Gasteiger charge is 2.24. The highest BCUT2D eigenvalue weighted by molar-refractivity contribution is 5.91. The molecule has 1 aliphatic rings. The van der Waals surface area contributed by atoms with Gasteiger partial charge < -0.3 is 9.84 Å². The van der Waals surface area contributed by atoms with Crippen LogP contribution in [0.1, 0.15) is 43.8 Å². The first-order valence-corrected chi connectivity index (χ1v) is 7.55. The van der Waals surface area contributed by atoms with Crippen LogP contribution in [0.5, 0.6) is 5.75 Å². The minimum absolute atomic E-state index is 0.355. The normalized spacial score (nSPS) is 18.1. The summed E-state index contributed by atoms with van der Waals surface area (Å²) in [4.78, 5) is 0. The van der Waals surface area contributed by atoms with Gasteiger partial charge in [-0.25, -0.2) is 0 Å². The summed E-state index contributed by atoms with van der Waals surface area (Å²) in [5.74, 6) is 1.28. The van der Waals surface area contributed by atoms with Crippen LogP contribution in [0.3, 0.4) is 0 Å². The molecule has 2 nitrogen and oxygen atoms in total. The molecule has 106 valence electrons. The van der Waals surface area contributed by atoms with Crippen molar-refractivity contribution in [1.29, 1.82) is 0 Å². The minimum Gasteiger partial charge on any atom is -0.496 e. The first-order valence-electron chi connectivity index (χ1n) is 7.55. The largest absolute Gasteiger partial charge is 0.496 e. The number of fused-ring (bicyclic) bond motifs is 1. The molecule has 0 heterocycles. The minimum atomic E-state index is -0.355. The molecule has 1 aliphatic carbocycles. The van der Waals surface area contributed by atoms with E-state index in [4.69, 9.17) is 4.74 Å². The first kappa shape index (κ1) is 13.4. The predicted octanol–water partition coefficient (Wildman–Crippen LogP) is 4.46. The molecule has 20 heavy (non-hydrogen) atoms. The van der Waals surface area contributed by atoms with Crippen molar-refractivity contribution in [1.82, 2.24) is 0 Å². The van der Waals surface area contributed by atoms with Crippen molar-refractivity contribution in [2.75, 3.05) is 7.11 Å². The summed E-state index contributed by atoms with van der Waals surface area (Å²) in [7, 11) is 1.69. The quantitative estimate of drug-likeness (QED) is 0.892. The van der Waals surface area contributed by atoms with Crippen LogP contribution >= 0.6 is 0 Å². The van der Waals surface area contributed by atoms with Crippen LogP contribution in [0.4, 0.5) is 0 Å². The number of methoxy groups -OCH3 is 1. The summed E-state index contributed by atoms with van der Waals surface area (Å²) >= 11 is 0. The first-order chi connectivity index (χ1) is 9.81. The van der Waals surface area contributed by atoms with Gasteiger partial charge in [0.25, 0.3) is 0 Å². The zero-order valence-corrected chi connectivity index (χ0v) is 12.0. The third-order valence-corrected chi connectivity index (χ3v) is 4.55. The Hall–Kier alpha value is -1.54. The molecule has 1 fully saturated rings. The molecule has 0 saturated heterocycles. The van der Waals surface area contributed by atoms with E-state index in [1.54, 1.807) is 7.11 Å². The van der Waals surface area contributed by atoms with E-state index < -0.39 is 0 Å². The maximum atomic E-state index is 10.8. The van der Waals surface area contributed by atoms with Gasteiger partial charge >= 0.3 is 0 Å². The molecule has 1 unspecified atom stereocenters. The van der Waals surface area contributed by atoms with Crippen LogP contribution in [0.25, 0.3) is 10.8 Å². The summed E-state index contributed by atoms with van der Waals surface area (Å²) in [6, 6.07) is 12.2. The molecule has 1 atom stereocenters. The molecular formula is C18H22O2. The van der Waals surface area contributed by atoms with Gasteiger partial charge in [0.15, 0.2) is 0 Å². The van der Waals surface area contributed by atoms with Crippen LogP contribution in [0.15, 0.2) is 36.4 Å². The van der Waals surface area contributed by atoms with E-state index in [-0.39, 0.29) is 6.10 Å². The Morgan fingerprint density at radius 3 is 2.40 bits per heavy atom. The van der Waals surface area contributed by atoms with Gasteiger partial charge in [0.1, 0.15) is 5.75 Å². The fourth-order valence-corrected chi connectivity index (χ4v) is 3.43. The molecular weight excluding hydrogens is 248 g/mol. The van der Waals surface area contributed by atoms with Crippen molar-refractivity contribution in [2.24, 2.45) is 5.92 Å². The number of aliphatic hydroxyl groups excluding tert-OH is 1. The molecule has 0 spiro atoms. The van der Waals surface area contributed by atoms with Crippen LogP contribution in [-0.4, -0.2) is 12.2 Å². The van der Waals surface area contributed by atoms with Gasteiger partial charge in [-0.2, -0.15) is 0 Å². The lowest BCUT2D eigenvalue weighted by Gasteiger charge is -2.27. The summed E-state index contributed by atoms with van der Waals surface area (Å²) < 4.78 is 5.43. The molecule has 1 saturated carbocycles. The van der Waals surface area contributed by atoms with Gasteiger partial charge in [0.2, 0.25) is 0 Å². The second-order valence-electron chi connectivity index (χ2n) is 5.75. The molecule has 2 heteroatoms. The topological polar surface area (TPSA) is 29.5 Å². The molecule has 0 bridgehead atoms. The van der Waals surface area contributed by atoms with Crippen molar-refractivity contribution in [3.05, 3.63) is 42.0 Å². The Morgan fingerprint density at radius 2 is 1.70 bits per heavy atom. The molecule has 0 radical (unpaired) electrons. The van der Waals surface area contributed by atoms with Crippen molar-refractivity contribution >= 4 is 10.8 Å². The van der Waals surface area contributed by atoms with E-state index in [2.05, 4.69) is 12.1 Å². The fourth-order valence-electron chi connectivity index (χ4n) is 3.43. The van der Waals surface area contributed by atoms with Gasteiger partial charge in [-0.15, -0.1) is 0 Å². The fraction of sp³-hybridized carbons (Fsp3) is 0.444. The van der Waals surface area contributed by atoms with E-state index in [1.807, 2.05) is 24.3 Å². The summed E-state index contributed by atoms with van der Waals surface area (Å²) in [6.07, 6.45) is 5.73. The third-order valence-electron chi connectivity index (χ3n) is 4.55. The average Bonchev–Trinajstić information content (AvgIpc) is 2.54. The molecule has 1 N–H and O–H groups in total. The van der Waals surface area contributed by atoms with Crippen LogP contribution < -0.4 is 4.74 Å². The summed E-state index contributed by atoms with van der Waals surface area (Å²) in [5.41, 5.74) is 1.05. The Kier molecular flexibility index (Phi) is 3.93. The van der Waals surface area contributed by atoms with Crippen LogP contribution in [-0.2, 0) is 0 Å². The van der Waals surface area contributed by atoms with Crippen molar-refractivity contribution < 1.29 is 9.84 Å². The Balaban J connectivity index is 2.02. The summed E-state index contributed by atoms with van der Waals surface area (Å²) in [5, 5.41) is 13.0. The van der Waals surface area contributed by atoms with E-state index in [1.165, 1.54) is 19.3 Å². The highest BCUT2D eigenvalue weighted by atomic mass is 16.5. The molecule has 2 aromatic carbocycles. The van der Waals surface area contributed by atoms with Gasteiger partial charge in [0, 0.05) is 5.39 Å². The standard InChI is InChI=1S/C18H22O2/c1-20-17-12-11-16(14-9-5-6-10-15(14)17)18(19)13-7-3-2-4-8-13/h5-6,9-13,18-19H,2-4,7-8H2,1H3. The smallest absolute Gasteiger partial charge is 0.126 e. The zero-order valence-electron chi connectivity index (χ0n) is 12.0. The van der Waals surface area contributed by atoms with Gasteiger partial charge in [-0.1, -0.05) is 49.6 Å². The maximum Gasteiger partial charge on any atom is 0.126 e. The molecule has 0 aliphatic heterocycles. The Labute approximate surface area is 120 Å². The monoisotopic (exact) mass is 270 g/mol. The van der Waals surface area contributed by atoms with Crippen molar-refractivity contribution in [2.45, 2.75) is 38.2 Å². The molecule has 0 amide bonds. The van der Waals surface area contributed by atoms with E-state index in [0.29, 0.717) is 5.92 Å². The third kappa shape index (κ3) is 2.40. The zero-order chi connectivity index (χ0) is 13.9. The van der Waals surface area contributed by atoms with E-state index >= 15 is 0 Å². The van der Waals surface area contributed by atoms with Crippen molar-refractivity contribution in [3.8, 4) is 5.75 Å². The number of ether oxygens (including phenoxy) is 1. The van der Waals surface area contributed by atoms with Gasteiger partial charge in [-0.3, -0.25) is 0 Å². The lowest BCUT2D eigenvalue weighted by atomic mass is 9.81. The maximum absolute atomic E-state index is 10.8. The second kappa shape index (κ2) is 5.84. The Bertz CT molecular complexity index is 585. The molecule has 3 rings (SSSR count). The van der Waals surface area contributed by atoms with Gasteiger partial charge in [0.05, 0.1) is 13.2 Å². The number of benzene rings is 2. The Morgan fingerprint density at radius 1 is 1.00 bits per heavy atom. The van der Waals surface area contributed by atoms with Crippen molar-refractivity contribution in [3.63, 3.8) is 0 Å². The lowest BCUT2D eigenvalue weighted by molar-refractivity contribution is 0.0860. The highest BCUT2D eigenvalue weighted by Crippen LogP contribution is 2.38. The van der Waals surface area contributed by atoms with E-state index in [0.717, 1.165) is 34.9 Å². The number of rotatable bonds is 3. The van der Waals surface area contributed by atoms with Crippen LogP contribution in [0, 0.1) is 5.92 Å².